The summed E-state index contributed by atoms with van der Waals surface area (Å²) in [4.78, 5) is 2.22. The molecule has 7 heteroatoms. The van der Waals surface area contributed by atoms with Gasteiger partial charge in [0.05, 0.1) is 4.90 Å². The van der Waals surface area contributed by atoms with Crippen molar-refractivity contribution in [3.8, 4) is 0 Å². The summed E-state index contributed by atoms with van der Waals surface area (Å²) in [5.41, 5.74) is 1.05. The van der Waals surface area contributed by atoms with Crippen LogP contribution in [0.5, 0.6) is 0 Å². The van der Waals surface area contributed by atoms with E-state index in [-0.39, 0.29) is 10.9 Å². The summed E-state index contributed by atoms with van der Waals surface area (Å²) in [5.74, 6) is 0. The number of hydrogen-bond acceptors (Lipinski definition) is 4. The molecule has 0 spiro atoms. The van der Waals surface area contributed by atoms with Gasteiger partial charge in [0.1, 0.15) is 0 Å². The molecule has 1 aromatic carbocycles. The quantitative estimate of drug-likeness (QED) is 0.724. The van der Waals surface area contributed by atoms with Crippen LogP contribution < -0.4 is 10.0 Å². The summed E-state index contributed by atoms with van der Waals surface area (Å²) < 4.78 is 28.1. The fraction of sp³-hybridized carbons (Fsp3) is 0.571. The summed E-state index contributed by atoms with van der Waals surface area (Å²) in [5, 5.41) is 3.21. The molecule has 1 atom stereocenters. The van der Waals surface area contributed by atoms with Crippen LogP contribution in [0.4, 0.5) is 0 Å². The fourth-order valence-electron chi connectivity index (χ4n) is 2.05. The van der Waals surface area contributed by atoms with Crippen molar-refractivity contribution in [2.75, 3.05) is 27.2 Å². The molecule has 2 N–H and O–H groups in total. The van der Waals surface area contributed by atoms with Gasteiger partial charge in [0.15, 0.2) is 0 Å². The van der Waals surface area contributed by atoms with Gasteiger partial charge in [0.2, 0.25) is 10.0 Å². The molecule has 1 unspecified atom stereocenters. The molecule has 0 radical (unpaired) electrons. The van der Waals surface area contributed by atoms with Crippen LogP contribution in [-0.4, -0.2) is 46.5 Å². The zero-order chi connectivity index (χ0) is 16.0. The first-order valence-corrected chi connectivity index (χ1v) is 9.20. The van der Waals surface area contributed by atoms with Crippen LogP contribution in [0.15, 0.2) is 27.6 Å². The Kier molecular flexibility index (Phi) is 7.29. The Morgan fingerprint density at radius 1 is 1.33 bits per heavy atom. The predicted octanol–water partition coefficient (Wildman–Crippen LogP) is 1.79. The van der Waals surface area contributed by atoms with Gasteiger partial charge < -0.3 is 10.2 Å². The summed E-state index contributed by atoms with van der Waals surface area (Å²) in [6.45, 7) is 6.13. The lowest BCUT2D eigenvalue weighted by atomic mass is 10.2. The Bertz CT molecular complexity index is 561. The third-order valence-corrected chi connectivity index (χ3v) is 5.43. The highest BCUT2D eigenvalue weighted by Gasteiger charge is 2.20. The molecule has 0 aliphatic carbocycles. The SMILES string of the molecule is CCNCc1ccc(S(=O)(=O)NC(C)CN(C)C)c(Br)c1. The molecule has 0 saturated heterocycles. The first kappa shape index (κ1) is 18.6. The van der Waals surface area contributed by atoms with Crippen molar-refractivity contribution in [2.45, 2.75) is 31.3 Å². The molecule has 21 heavy (non-hydrogen) atoms. The summed E-state index contributed by atoms with van der Waals surface area (Å²) in [6.07, 6.45) is 0. The van der Waals surface area contributed by atoms with E-state index in [2.05, 4.69) is 26.0 Å². The Labute approximate surface area is 136 Å². The first-order chi connectivity index (χ1) is 9.76. The molecular weight excluding hydrogens is 354 g/mol. The molecule has 120 valence electrons. The van der Waals surface area contributed by atoms with E-state index in [0.29, 0.717) is 11.0 Å². The van der Waals surface area contributed by atoms with Gasteiger partial charge in [0, 0.05) is 23.6 Å². The fourth-order valence-corrected chi connectivity index (χ4v) is 4.41. The van der Waals surface area contributed by atoms with Gasteiger partial charge in [-0.15, -0.1) is 0 Å². The third-order valence-electron chi connectivity index (χ3n) is 2.86. The van der Waals surface area contributed by atoms with E-state index >= 15 is 0 Å². The Balaban J connectivity index is 2.88. The molecule has 0 saturated carbocycles. The topological polar surface area (TPSA) is 61.4 Å². The van der Waals surface area contributed by atoms with Crippen molar-refractivity contribution >= 4 is 26.0 Å². The lowest BCUT2D eigenvalue weighted by Crippen LogP contribution is -2.39. The molecule has 0 heterocycles. The standard InChI is InChI=1S/C14H24BrN3O2S/c1-5-16-9-12-6-7-14(13(15)8-12)21(19,20)17-11(2)10-18(3)4/h6-8,11,16-17H,5,9-10H2,1-4H3. The summed E-state index contributed by atoms with van der Waals surface area (Å²) >= 11 is 3.36. The third kappa shape index (κ3) is 6.04. The minimum Gasteiger partial charge on any atom is -0.313 e. The van der Waals surface area contributed by atoms with Gasteiger partial charge in [0.25, 0.3) is 0 Å². The van der Waals surface area contributed by atoms with Gasteiger partial charge in [-0.1, -0.05) is 13.0 Å². The molecule has 0 amide bonds. The Hall–Kier alpha value is -0.470. The van der Waals surface area contributed by atoms with E-state index in [1.54, 1.807) is 6.07 Å². The molecule has 1 aromatic rings. The highest BCUT2D eigenvalue weighted by molar-refractivity contribution is 9.10. The number of nitrogens with one attached hydrogen (secondary N) is 2. The second-order valence-corrected chi connectivity index (χ2v) is 7.87. The highest BCUT2D eigenvalue weighted by atomic mass is 79.9. The smallest absolute Gasteiger partial charge is 0.241 e. The summed E-state index contributed by atoms with van der Waals surface area (Å²) in [7, 11) is 0.309. The van der Waals surface area contributed by atoms with Crippen LogP contribution in [0.25, 0.3) is 0 Å². The van der Waals surface area contributed by atoms with Gasteiger partial charge in [-0.25, -0.2) is 13.1 Å². The van der Waals surface area contributed by atoms with Crippen LogP contribution in [0.1, 0.15) is 19.4 Å². The number of sulfonamides is 1. The van der Waals surface area contributed by atoms with Crippen LogP contribution in [0, 0.1) is 0 Å². The average Bonchev–Trinajstić information content (AvgIpc) is 2.34. The Morgan fingerprint density at radius 3 is 2.52 bits per heavy atom. The first-order valence-electron chi connectivity index (χ1n) is 6.92. The van der Waals surface area contributed by atoms with E-state index < -0.39 is 10.0 Å². The predicted molar refractivity (Wildman–Crippen MR) is 89.9 cm³/mol. The molecule has 1 rings (SSSR count). The number of benzene rings is 1. The largest absolute Gasteiger partial charge is 0.313 e. The van der Waals surface area contributed by atoms with Crippen LogP contribution in [-0.2, 0) is 16.6 Å². The minimum absolute atomic E-state index is 0.154. The van der Waals surface area contributed by atoms with Gasteiger partial charge in [-0.2, -0.15) is 0 Å². The molecule has 5 nitrogen and oxygen atoms in total. The van der Waals surface area contributed by atoms with Gasteiger partial charge in [-0.3, -0.25) is 0 Å². The van der Waals surface area contributed by atoms with E-state index in [1.165, 1.54) is 0 Å². The van der Waals surface area contributed by atoms with Crippen molar-refractivity contribution in [1.82, 2.24) is 14.9 Å². The zero-order valence-corrected chi connectivity index (χ0v) is 15.4. The van der Waals surface area contributed by atoms with Crippen molar-refractivity contribution in [2.24, 2.45) is 0 Å². The lowest BCUT2D eigenvalue weighted by Gasteiger charge is -2.19. The van der Waals surface area contributed by atoms with Gasteiger partial charge >= 0.3 is 0 Å². The molecule has 0 aliphatic heterocycles. The maximum Gasteiger partial charge on any atom is 0.241 e. The van der Waals surface area contributed by atoms with E-state index in [9.17, 15) is 8.42 Å². The number of halogens is 1. The second kappa shape index (κ2) is 8.24. The number of nitrogens with zero attached hydrogens (tertiary/aromatic N) is 1. The van der Waals surface area contributed by atoms with Crippen LogP contribution in [0.3, 0.4) is 0 Å². The maximum atomic E-state index is 12.4. The van der Waals surface area contributed by atoms with Crippen molar-refractivity contribution in [3.05, 3.63) is 28.2 Å². The van der Waals surface area contributed by atoms with Crippen LogP contribution >= 0.6 is 15.9 Å². The van der Waals surface area contributed by atoms with E-state index in [1.807, 2.05) is 45.0 Å². The number of hydrogen-bond donors (Lipinski definition) is 2. The normalized spacial score (nSPS) is 13.6. The monoisotopic (exact) mass is 377 g/mol. The average molecular weight is 378 g/mol. The summed E-state index contributed by atoms with van der Waals surface area (Å²) in [6, 6.07) is 5.16. The van der Waals surface area contributed by atoms with Crippen LogP contribution in [0.2, 0.25) is 0 Å². The lowest BCUT2D eigenvalue weighted by molar-refractivity contribution is 0.370. The van der Waals surface area contributed by atoms with Crippen molar-refractivity contribution in [3.63, 3.8) is 0 Å². The second-order valence-electron chi connectivity index (χ2n) is 5.33. The van der Waals surface area contributed by atoms with Crippen molar-refractivity contribution in [1.29, 1.82) is 0 Å². The minimum atomic E-state index is -3.52. The molecule has 0 aliphatic rings. The molecule has 0 bridgehead atoms. The molecule has 0 fully saturated rings. The zero-order valence-electron chi connectivity index (χ0n) is 13.0. The molecular formula is C14H24BrN3O2S. The highest BCUT2D eigenvalue weighted by Crippen LogP contribution is 2.23. The van der Waals surface area contributed by atoms with E-state index in [0.717, 1.165) is 18.7 Å². The van der Waals surface area contributed by atoms with E-state index in [4.69, 9.17) is 0 Å². The maximum absolute atomic E-state index is 12.4. The van der Waals surface area contributed by atoms with Crippen molar-refractivity contribution < 1.29 is 8.42 Å². The molecule has 0 aromatic heterocycles. The number of likely N-dealkylation sites (N-methyl/N-ethyl adjacent to an activating group) is 1. The Morgan fingerprint density at radius 2 is 2.00 bits per heavy atom. The van der Waals surface area contributed by atoms with Gasteiger partial charge in [-0.05, 0) is 61.2 Å². The number of rotatable bonds is 8.